The van der Waals surface area contributed by atoms with Gasteiger partial charge in [0.25, 0.3) is 0 Å². The predicted molar refractivity (Wildman–Crippen MR) is 59.7 cm³/mol. The van der Waals surface area contributed by atoms with Gasteiger partial charge < -0.3 is 0 Å². The molecule has 0 saturated heterocycles. The third-order valence-electron chi connectivity index (χ3n) is 2.17. The van der Waals surface area contributed by atoms with Crippen molar-refractivity contribution in [2.45, 2.75) is 13.8 Å². The first-order valence-corrected chi connectivity index (χ1v) is 4.98. The largest absolute Gasteiger partial charge is 0.230 e. The Hall–Kier alpha value is -1.48. The standard InChI is InChI=1S/C11H10ClN3/c1-7-8(2)14-15-11(13-7)9-4-3-5-10(12)6-9/h3-6H,1-2H3. The van der Waals surface area contributed by atoms with Crippen LogP contribution in [0.2, 0.25) is 5.02 Å². The van der Waals surface area contributed by atoms with Gasteiger partial charge in [-0.3, -0.25) is 0 Å². The van der Waals surface area contributed by atoms with E-state index in [1.165, 1.54) is 0 Å². The van der Waals surface area contributed by atoms with Crippen LogP contribution in [-0.4, -0.2) is 15.2 Å². The van der Waals surface area contributed by atoms with Crippen molar-refractivity contribution in [1.29, 1.82) is 0 Å². The highest BCUT2D eigenvalue weighted by atomic mass is 35.5. The van der Waals surface area contributed by atoms with E-state index in [0.717, 1.165) is 17.0 Å². The van der Waals surface area contributed by atoms with E-state index in [-0.39, 0.29) is 0 Å². The van der Waals surface area contributed by atoms with Gasteiger partial charge in [0, 0.05) is 10.6 Å². The van der Waals surface area contributed by atoms with E-state index in [1.807, 2.05) is 38.1 Å². The lowest BCUT2D eigenvalue weighted by Crippen LogP contribution is -1.98. The third-order valence-corrected chi connectivity index (χ3v) is 2.41. The monoisotopic (exact) mass is 219 g/mol. The molecule has 0 saturated carbocycles. The SMILES string of the molecule is Cc1nnc(-c2cccc(Cl)c2)nc1C. The summed E-state index contributed by atoms with van der Waals surface area (Å²) >= 11 is 5.89. The van der Waals surface area contributed by atoms with Crippen LogP contribution < -0.4 is 0 Å². The molecule has 0 bridgehead atoms. The molecule has 0 unspecified atom stereocenters. The van der Waals surface area contributed by atoms with Crippen molar-refractivity contribution >= 4 is 11.6 Å². The normalized spacial score (nSPS) is 10.3. The molecule has 4 heteroatoms. The Kier molecular flexibility index (Phi) is 2.64. The van der Waals surface area contributed by atoms with Crippen LogP contribution in [0, 0.1) is 13.8 Å². The lowest BCUT2D eigenvalue weighted by atomic mass is 10.2. The second-order valence-corrected chi connectivity index (χ2v) is 3.75. The fourth-order valence-corrected chi connectivity index (χ4v) is 1.40. The molecule has 0 N–H and O–H groups in total. The minimum Gasteiger partial charge on any atom is -0.230 e. The molecule has 0 spiro atoms. The number of aromatic nitrogens is 3. The van der Waals surface area contributed by atoms with E-state index in [1.54, 1.807) is 0 Å². The maximum atomic E-state index is 5.89. The van der Waals surface area contributed by atoms with Gasteiger partial charge >= 0.3 is 0 Å². The molecule has 1 aromatic heterocycles. The maximum absolute atomic E-state index is 5.89. The zero-order valence-electron chi connectivity index (χ0n) is 8.53. The zero-order chi connectivity index (χ0) is 10.8. The lowest BCUT2D eigenvalue weighted by molar-refractivity contribution is 0.905. The Morgan fingerprint density at radius 2 is 1.87 bits per heavy atom. The molecule has 1 aromatic carbocycles. The molecule has 2 aromatic rings. The van der Waals surface area contributed by atoms with Crippen molar-refractivity contribution in [2.24, 2.45) is 0 Å². The number of benzene rings is 1. The first kappa shape index (κ1) is 10.1. The molecule has 3 nitrogen and oxygen atoms in total. The lowest BCUT2D eigenvalue weighted by Gasteiger charge is -2.02. The van der Waals surface area contributed by atoms with Gasteiger partial charge in [-0.15, -0.1) is 5.10 Å². The molecule has 0 amide bonds. The summed E-state index contributed by atoms with van der Waals surface area (Å²) in [5, 5.41) is 8.74. The van der Waals surface area contributed by atoms with Crippen LogP contribution in [0.5, 0.6) is 0 Å². The number of aryl methyl sites for hydroxylation is 2. The van der Waals surface area contributed by atoms with Gasteiger partial charge in [0.05, 0.1) is 11.4 Å². The summed E-state index contributed by atoms with van der Waals surface area (Å²) in [6, 6.07) is 7.43. The van der Waals surface area contributed by atoms with Gasteiger partial charge in [0.2, 0.25) is 0 Å². The molecule has 0 radical (unpaired) electrons. The van der Waals surface area contributed by atoms with Crippen LogP contribution in [0.4, 0.5) is 0 Å². The Morgan fingerprint density at radius 3 is 2.53 bits per heavy atom. The van der Waals surface area contributed by atoms with Gasteiger partial charge in [-0.1, -0.05) is 23.7 Å². The fraction of sp³-hybridized carbons (Fsp3) is 0.182. The summed E-state index contributed by atoms with van der Waals surface area (Å²) in [6.07, 6.45) is 0. The summed E-state index contributed by atoms with van der Waals surface area (Å²) in [5.41, 5.74) is 2.62. The van der Waals surface area contributed by atoms with Crippen LogP contribution in [0.15, 0.2) is 24.3 Å². The van der Waals surface area contributed by atoms with Crippen molar-refractivity contribution < 1.29 is 0 Å². The topological polar surface area (TPSA) is 38.7 Å². The molecule has 0 fully saturated rings. The number of nitrogens with zero attached hydrogens (tertiary/aromatic N) is 3. The average molecular weight is 220 g/mol. The van der Waals surface area contributed by atoms with Gasteiger partial charge in [0.1, 0.15) is 0 Å². The Labute approximate surface area is 93.1 Å². The van der Waals surface area contributed by atoms with Crippen LogP contribution in [0.25, 0.3) is 11.4 Å². The average Bonchev–Trinajstić information content (AvgIpc) is 2.22. The van der Waals surface area contributed by atoms with Crippen molar-refractivity contribution in [3.63, 3.8) is 0 Å². The minimum atomic E-state index is 0.612. The molecule has 0 aliphatic carbocycles. The second-order valence-electron chi connectivity index (χ2n) is 3.32. The second kappa shape index (κ2) is 3.95. The van der Waals surface area contributed by atoms with Crippen molar-refractivity contribution in [3.8, 4) is 11.4 Å². The smallest absolute Gasteiger partial charge is 0.182 e. The summed E-state index contributed by atoms with van der Waals surface area (Å²) in [6.45, 7) is 3.80. The zero-order valence-corrected chi connectivity index (χ0v) is 9.28. The number of rotatable bonds is 1. The molecule has 1 heterocycles. The Morgan fingerprint density at radius 1 is 1.07 bits per heavy atom. The highest BCUT2D eigenvalue weighted by Gasteiger charge is 2.04. The summed E-state index contributed by atoms with van der Waals surface area (Å²) < 4.78 is 0. The summed E-state index contributed by atoms with van der Waals surface area (Å²) in [4.78, 5) is 4.35. The number of halogens is 1. The molecule has 76 valence electrons. The van der Waals surface area contributed by atoms with Crippen molar-refractivity contribution in [1.82, 2.24) is 15.2 Å². The van der Waals surface area contributed by atoms with E-state index in [0.29, 0.717) is 10.8 Å². The molecular weight excluding hydrogens is 210 g/mol. The molecule has 15 heavy (non-hydrogen) atoms. The maximum Gasteiger partial charge on any atom is 0.182 e. The first-order chi connectivity index (χ1) is 7.16. The molecule has 0 aliphatic heterocycles. The van der Waals surface area contributed by atoms with Gasteiger partial charge in [-0.05, 0) is 26.0 Å². The fourth-order valence-electron chi connectivity index (χ4n) is 1.21. The third kappa shape index (κ3) is 2.13. The van der Waals surface area contributed by atoms with Crippen molar-refractivity contribution in [3.05, 3.63) is 40.7 Å². The molecule has 0 aliphatic rings. The van der Waals surface area contributed by atoms with Crippen LogP contribution in [0.1, 0.15) is 11.4 Å². The molecule has 0 atom stereocenters. The van der Waals surface area contributed by atoms with Gasteiger partial charge in [-0.25, -0.2) is 4.98 Å². The van der Waals surface area contributed by atoms with Gasteiger partial charge in [-0.2, -0.15) is 5.10 Å². The van der Waals surface area contributed by atoms with Crippen LogP contribution >= 0.6 is 11.6 Å². The van der Waals surface area contributed by atoms with Crippen LogP contribution in [-0.2, 0) is 0 Å². The van der Waals surface area contributed by atoms with E-state index in [4.69, 9.17) is 11.6 Å². The summed E-state index contributed by atoms with van der Waals surface area (Å²) in [5.74, 6) is 0.612. The Balaban J connectivity index is 2.50. The Bertz CT molecular complexity index is 497. The van der Waals surface area contributed by atoms with E-state index in [2.05, 4.69) is 15.2 Å². The highest BCUT2D eigenvalue weighted by Crippen LogP contribution is 2.19. The number of hydrogen-bond donors (Lipinski definition) is 0. The number of hydrogen-bond acceptors (Lipinski definition) is 3. The van der Waals surface area contributed by atoms with E-state index >= 15 is 0 Å². The van der Waals surface area contributed by atoms with E-state index < -0.39 is 0 Å². The predicted octanol–water partition coefficient (Wildman–Crippen LogP) is 2.81. The summed E-state index contributed by atoms with van der Waals surface area (Å²) in [7, 11) is 0. The molecular formula is C11H10ClN3. The van der Waals surface area contributed by atoms with Crippen LogP contribution in [0.3, 0.4) is 0 Å². The minimum absolute atomic E-state index is 0.612. The van der Waals surface area contributed by atoms with Gasteiger partial charge in [0.15, 0.2) is 5.82 Å². The quantitative estimate of drug-likeness (QED) is 0.740. The van der Waals surface area contributed by atoms with Crippen molar-refractivity contribution in [2.75, 3.05) is 0 Å². The van der Waals surface area contributed by atoms with E-state index in [9.17, 15) is 0 Å². The first-order valence-electron chi connectivity index (χ1n) is 4.60. The molecule has 2 rings (SSSR count). The highest BCUT2D eigenvalue weighted by molar-refractivity contribution is 6.30.